The number of allylic oxidation sites excluding steroid dienone is 1. The molecule has 4 nitrogen and oxygen atoms in total. The Balaban J connectivity index is 1.78. The van der Waals surface area contributed by atoms with Crippen LogP contribution in [0.5, 0.6) is 0 Å². The summed E-state index contributed by atoms with van der Waals surface area (Å²) in [5.41, 5.74) is 3.63. The topological polar surface area (TPSA) is 58.2 Å². The Kier molecular flexibility index (Phi) is 2.63. The molecule has 1 saturated heterocycles. The second-order valence-corrected chi connectivity index (χ2v) is 4.63. The maximum Gasteiger partial charge on any atom is 0.243 e. The van der Waals surface area contributed by atoms with Crippen molar-refractivity contribution in [3.05, 3.63) is 41.5 Å². The standard InChI is InChI=1S/C14H14N2O2/c17-13-8-15-14(18)12(16-13)7-10-6-5-9-3-1-2-4-11(9)10/h1-4,6,12H,5,7-8H2,(H,15,18)(H,16,17)/t12-/m0/s1. The predicted molar refractivity (Wildman–Crippen MR) is 67.7 cm³/mol. The lowest BCUT2D eigenvalue weighted by Gasteiger charge is -2.23. The first kappa shape index (κ1) is 11.0. The summed E-state index contributed by atoms with van der Waals surface area (Å²) in [6, 6.07) is 7.74. The van der Waals surface area contributed by atoms with E-state index in [9.17, 15) is 9.59 Å². The number of carbonyl (C=O) groups is 2. The van der Waals surface area contributed by atoms with Crippen LogP contribution in [-0.2, 0) is 16.0 Å². The number of fused-ring (bicyclic) bond motifs is 1. The molecule has 1 aromatic rings. The molecular weight excluding hydrogens is 228 g/mol. The molecule has 1 heterocycles. The van der Waals surface area contributed by atoms with Gasteiger partial charge in [-0.15, -0.1) is 0 Å². The molecule has 0 aromatic heterocycles. The predicted octanol–water partition coefficient (Wildman–Crippen LogP) is 0.631. The van der Waals surface area contributed by atoms with Crippen molar-refractivity contribution >= 4 is 17.4 Å². The van der Waals surface area contributed by atoms with E-state index < -0.39 is 6.04 Å². The second kappa shape index (κ2) is 4.29. The van der Waals surface area contributed by atoms with Crippen molar-refractivity contribution in [3.63, 3.8) is 0 Å². The third kappa shape index (κ3) is 1.90. The van der Waals surface area contributed by atoms with Crippen molar-refractivity contribution in [2.75, 3.05) is 6.54 Å². The van der Waals surface area contributed by atoms with E-state index in [1.807, 2.05) is 12.1 Å². The molecule has 2 amide bonds. The molecule has 4 heteroatoms. The number of amides is 2. The molecule has 3 rings (SSSR count). The Morgan fingerprint density at radius 2 is 2.06 bits per heavy atom. The summed E-state index contributed by atoms with van der Waals surface area (Å²) >= 11 is 0. The van der Waals surface area contributed by atoms with Gasteiger partial charge in [-0.1, -0.05) is 30.3 Å². The van der Waals surface area contributed by atoms with Crippen molar-refractivity contribution in [2.24, 2.45) is 0 Å². The van der Waals surface area contributed by atoms with Crippen LogP contribution in [0.3, 0.4) is 0 Å². The summed E-state index contributed by atoms with van der Waals surface area (Å²) in [6.07, 6.45) is 3.61. The zero-order valence-electron chi connectivity index (χ0n) is 9.90. The van der Waals surface area contributed by atoms with Crippen molar-refractivity contribution in [3.8, 4) is 0 Å². The summed E-state index contributed by atoms with van der Waals surface area (Å²) in [5.74, 6) is -0.216. The van der Waals surface area contributed by atoms with E-state index in [1.165, 1.54) is 11.1 Å². The molecule has 2 aliphatic rings. The highest BCUT2D eigenvalue weighted by atomic mass is 16.2. The Morgan fingerprint density at radius 1 is 1.22 bits per heavy atom. The van der Waals surface area contributed by atoms with Crippen LogP contribution in [0.2, 0.25) is 0 Å². The van der Waals surface area contributed by atoms with Gasteiger partial charge in [-0.2, -0.15) is 0 Å². The van der Waals surface area contributed by atoms with E-state index >= 15 is 0 Å². The fourth-order valence-corrected chi connectivity index (χ4v) is 2.51. The van der Waals surface area contributed by atoms with Crippen LogP contribution < -0.4 is 10.6 Å². The summed E-state index contributed by atoms with van der Waals surface area (Å²) < 4.78 is 0. The molecule has 0 radical (unpaired) electrons. The van der Waals surface area contributed by atoms with Crippen molar-refractivity contribution in [1.29, 1.82) is 0 Å². The molecule has 1 aliphatic carbocycles. The SMILES string of the molecule is O=C1CNC(=O)[C@H](CC2=CCc3ccccc32)N1. The van der Waals surface area contributed by atoms with E-state index in [-0.39, 0.29) is 18.4 Å². The summed E-state index contributed by atoms with van der Waals surface area (Å²) in [4.78, 5) is 23.0. The number of nitrogens with one attached hydrogen (secondary N) is 2. The van der Waals surface area contributed by atoms with Crippen LogP contribution in [0.15, 0.2) is 30.3 Å². The van der Waals surface area contributed by atoms with Gasteiger partial charge >= 0.3 is 0 Å². The first-order chi connectivity index (χ1) is 8.74. The smallest absolute Gasteiger partial charge is 0.243 e. The fraction of sp³-hybridized carbons (Fsp3) is 0.286. The van der Waals surface area contributed by atoms with E-state index in [0.717, 1.165) is 12.0 Å². The Labute approximate surface area is 105 Å². The number of hydrogen-bond acceptors (Lipinski definition) is 2. The molecule has 2 N–H and O–H groups in total. The maximum absolute atomic E-state index is 11.7. The fourth-order valence-electron chi connectivity index (χ4n) is 2.51. The van der Waals surface area contributed by atoms with Gasteiger partial charge in [0.2, 0.25) is 11.8 Å². The minimum absolute atomic E-state index is 0.0883. The number of benzene rings is 1. The largest absolute Gasteiger partial charge is 0.345 e. The monoisotopic (exact) mass is 242 g/mol. The van der Waals surface area contributed by atoms with E-state index in [0.29, 0.717) is 6.42 Å². The van der Waals surface area contributed by atoms with E-state index in [1.54, 1.807) is 0 Å². The number of hydrogen-bond donors (Lipinski definition) is 2. The van der Waals surface area contributed by atoms with Crippen LogP contribution >= 0.6 is 0 Å². The Morgan fingerprint density at radius 3 is 2.94 bits per heavy atom. The van der Waals surface area contributed by atoms with Crippen LogP contribution in [0, 0.1) is 0 Å². The molecular formula is C14H14N2O2. The lowest BCUT2D eigenvalue weighted by Crippen LogP contribution is -2.56. The normalized spacial score (nSPS) is 22.0. The molecule has 0 saturated carbocycles. The van der Waals surface area contributed by atoms with Gasteiger partial charge in [-0.3, -0.25) is 9.59 Å². The zero-order chi connectivity index (χ0) is 12.5. The Hall–Kier alpha value is -2.10. The highest BCUT2D eigenvalue weighted by Gasteiger charge is 2.28. The maximum atomic E-state index is 11.7. The van der Waals surface area contributed by atoms with E-state index in [2.05, 4.69) is 28.8 Å². The van der Waals surface area contributed by atoms with Crippen LogP contribution in [0.25, 0.3) is 5.57 Å². The van der Waals surface area contributed by atoms with E-state index in [4.69, 9.17) is 0 Å². The summed E-state index contributed by atoms with van der Waals surface area (Å²) in [6.45, 7) is 0.0883. The van der Waals surface area contributed by atoms with Crippen LogP contribution in [0.4, 0.5) is 0 Å². The van der Waals surface area contributed by atoms with Gasteiger partial charge in [0.05, 0.1) is 6.54 Å². The third-order valence-corrected chi connectivity index (χ3v) is 3.43. The van der Waals surface area contributed by atoms with Gasteiger partial charge < -0.3 is 10.6 Å². The number of carbonyl (C=O) groups excluding carboxylic acids is 2. The molecule has 18 heavy (non-hydrogen) atoms. The van der Waals surface area contributed by atoms with Crippen molar-refractivity contribution in [2.45, 2.75) is 18.9 Å². The second-order valence-electron chi connectivity index (χ2n) is 4.63. The lowest BCUT2D eigenvalue weighted by atomic mass is 9.98. The molecule has 0 bridgehead atoms. The molecule has 1 fully saturated rings. The number of rotatable bonds is 2. The molecule has 92 valence electrons. The quantitative estimate of drug-likeness (QED) is 0.799. The molecule has 1 aromatic carbocycles. The van der Waals surface area contributed by atoms with Gasteiger partial charge in [-0.05, 0) is 23.1 Å². The Bertz CT molecular complexity index is 548. The van der Waals surface area contributed by atoms with Crippen molar-refractivity contribution < 1.29 is 9.59 Å². The average molecular weight is 242 g/mol. The molecule has 1 atom stereocenters. The van der Waals surface area contributed by atoms with Gasteiger partial charge in [0.1, 0.15) is 6.04 Å². The molecule has 0 spiro atoms. The highest BCUT2D eigenvalue weighted by molar-refractivity contribution is 5.96. The van der Waals surface area contributed by atoms with Gasteiger partial charge in [0.15, 0.2) is 0 Å². The van der Waals surface area contributed by atoms with Gasteiger partial charge in [0, 0.05) is 6.42 Å². The van der Waals surface area contributed by atoms with Crippen molar-refractivity contribution in [1.82, 2.24) is 10.6 Å². The molecule has 0 unspecified atom stereocenters. The minimum atomic E-state index is -0.441. The van der Waals surface area contributed by atoms with Gasteiger partial charge in [-0.25, -0.2) is 0 Å². The zero-order valence-corrected chi connectivity index (χ0v) is 9.90. The van der Waals surface area contributed by atoms with Crippen LogP contribution in [0.1, 0.15) is 17.5 Å². The average Bonchev–Trinajstić information content (AvgIpc) is 2.78. The van der Waals surface area contributed by atoms with Gasteiger partial charge in [0.25, 0.3) is 0 Å². The lowest BCUT2D eigenvalue weighted by molar-refractivity contribution is -0.133. The highest BCUT2D eigenvalue weighted by Crippen LogP contribution is 2.30. The first-order valence-electron chi connectivity index (χ1n) is 6.08. The van der Waals surface area contributed by atoms with Crippen LogP contribution in [-0.4, -0.2) is 24.4 Å². The molecule has 1 aliphatic heterocycles. The summed E-state index contributed by atoms with van der Waals surface area (Å²) in [7, 11) is 0. The minimum Gasteiger partial charge on any atom is -0.345 e. The third-order valence-electron chi connectivity index (χ3n) is 3.43. The first-order valence-corrected chi connectivity index (χ1v) is 6.08. The number of piperazine rings is 1. The summed E-state index contributed by atoms with van der Waals surface area (Å²) in [5, 5.41) is 5.33.